The number of amides is 3. The molecule has 1 unspecified atom stereocenters. The van der Waals surface area contributed by atoms with Gasteiger partial charge >= 0.3 is 0 Å². The van der Waals surface area contributed by atoms with Crippen LogP contribution in [0.1, 0.15) is 46.3 Å². The Bertz CT molecular complexity index is 820. The first kappa shape index (κ1) is 19.0. The average Bonchev–Trinajstić information content (AvgIpc) is 3.21. The van der Waals surface area contributed by atoms with E-state index < -0.39 is 6.04 Å². The zero-order valence-corrected chi connectivity index (χ0v) is 16.2. The Kier molecular flexibility index (Phi) is 5.18. The molecule has 0 bridgehead atoms. The molecular weight excluding hydrogens is 362 g/mol. The van der Waals surface area contributed by atoms with Gasteiger partial charge in [0.2, 0.25) is 11.8 Å². The van der Waals surface area contributed by atoms with Crippen molar-refractivity contribution in [1.29, 1.82) is 0 Å². The lowest BCUT2D eigenvalue weighted by Crippen LogP contribution is -2.52. The van der Waals surface area contributed by atoms with Crippen LogP contribution in [-0.2, 0) is 38.7 Å². The lowest BCUT2D eigenvalue weighted by Gasteiger charge is -2.29. The van der Waals surface area contributed by atoms with Crippen LogP contribution in [-0.4, -0.2) is 60.6 Å². The minimum absolute atomic E-state index is 0.121. The van der Waals surface area contributed by atoms with Crippen molar-refractivity contribution in [3.05, 3.63) is 34.4 Å². The number of nitrogens with one attached hydrogen (secondary N) is 1. The molecule has 28 heavy (non-hydrogen) atoms. The number of nitrogens with zero attached hydrogens (tertiary/aromatic N) is 2. The van der Waals surface area contributed by atoms with Crippen LogP contribution < -0.4 is 5.32 Å². The molecule has 150 valence electrons. The Hall–Kier alpha value is -2.29. The van der Waals surface area contributed by atoms with E-state index in [1.807, 2.05) is 6.07 Å². The summed E-state index contributed by atoms with van der Waals surface area (Å²) < 4.78 is 10.5. The first-order valence-electron chi connectivity index (χ1n) is 9.57. The molecule has 1 atom stereocenters. The number of methoxy groups -OCH3 is 2. The van der Waals surface area contributed by atoms with Gasteiger partial charge in [-0.25, -0.2) is 0 Å². The van der Waals surface area contributed by atoms with Crippen LogP contribution in [0, 0.1) is 0 Å². The predicted octanol–water partition coefficient (Wildman–Crippen LogP) is 0.772. The molecule has 8 nitrogen and oxygen atoms in total. The van der Waals surface area contributed by atoms with Crippen molar-refractivity contribution in [3.8, 4) is 0 Å². The number of hydrogen-bond donors (Lipinski definition) is 1. The van der Waals surface area contributed by atoms with E-state index >= 15 is 0 Å². The lowest BCUT2D eigenvalue weighted by atomic mass is 10.0. The predicted molar refractivity (Wildman–Crippen MR) is 99.0 cm³/mol. The highest BCUT2D eigenvalue weighted by Gasteiger charge is 2.39. The van der Waals surface area contributed by atoms with E-state index in [1.165, 1.54) is 5.56 Å². The highest BCUT2D eigenvalue weighted by Crippen LogP contribution is 2.33. The van der Waals surface area contributed by atoms with Crippen LogP contribution in [0.5, 0.6) is 0 Å². The number of carbonyl (C=O) groups excluding carboxylic acids is 3. The number of benzene rings is 1. The summed E-state index contributed by atoms with van der Waals surface area (Å²) in [6, 6.07) is 3.51. The molecule has 1 aromatic carbocycles. The molecule has 8 heteroatoms. The smallest absolute Gasteiger partial charge is 0.255 e. The highest BCUT2D eigenvalue weighted by atomic mass is 16.7. The van der Waals surface area contributed by atoms with E-state index in [2.05, 4.69) is 16.3 Å². The van der Waals surface area contributed by atoms with Crippen molar-refractivity contribution in [2.45, 2.75) is 51.2 Å². The van der Waals surface area contributed by atoms with Crippen LogP contribution in [0.25, 0.3) is 0 Å². The number of imide groups is 1. The summed E-state index contributed by atoms with van der Waals surface area (Å²) in [4.78, 5) is 40.4. The zero-order chi connectivity index (χ0) is 19.8. The van der Waals surface area contributed by atoms with Crippen molar-refractivity contribution in [2.75, 3.05) is 20.8 Å². The molecule has 1 aromatic rings. The van der Waals surface area contributed by atoms with Crippen molar-refractivity contribution < 1.29 is 23.9 Å². The molecule has 0 aromatic heterocycles. The Labute approximate surface area is 163 Å². The molecule has 4 rings (SSSR count). The fraction of sp³-hybridized carbons (Fsp3) is 0.550. The maximum absolute atomic E-state index is 12.9. The zero-order valence-electron chi connectivity index (χ0n) is 16.2. The summed E-state index contributed by atoms with van der Waals surface area (Å²) in [6.07, 6.45) is 1.23. The Morgan fingerprint density at radius 3 is 2.46 bits per heavy atom. The molecule has 1 fully saturated rings. The lowest BCUT2D eigenvalue weighted by molar-refractivity contribution is -0.136. The van der Waals surface area contributed by atoms with Gasteiger partial charge in [0.25, 0.3) is 5.91 Å². The van der Waals surface area contributed by atoms with Crippen LogP contribution >= 0.6 is 0 Å². The Morgan fingerprint density at radius 1 is 1.07 bits per heavy atom. The van der Waals surface area contributed by atoms with Gasteiger partial charge in [-0.05, 0) is 29.2 Å². The summed E-state index contributed by atoms with van der Waals surface area (Å²) in [6.45, 7) is 2.88. The maximum Gasteiger partial charge on any atom is 0.255 e. The molecular formula is C20H25N3O5. The molecule has 3 aliphatic rings. The molecule has 0 aliphatic carbocycles. The summed E-state index contributed by atoms with van der Waals surface area (Å²) in [5, 5.41) is 2.34. The standard InChI is InChI=1S/C20H25N3O5/c1-27-18(28-2)5-6-22-9-12-7-14-11-23(16-3-4-17(24)21-19(16)25)20(26)15(14)8-13(12)10-22/h7-8,16,18H,3-6,9-11H2,1-2H3,(H,21,24,25). The summed E-state index contributed by atoms with van der Waals surface area (Å²) in [5.74, 6) is -0.764. The molecule has 1 saturated heterocycles. The largest absolute Gasteiger partial charge is 0.356 e. The van der Waals surface area contributed by atoms with Gasteiger partial charge < -0.3 is 14.4 Å². The topological polar surface area (TPSA) is 88.2 Å². The third-order valence-electron chi connectivity index (χ3n) is 5.84. The van der Waals surface area contributed by atoms with Gasteiger partial charge in [-0.15, -0.1) is 0 Å². The van der Waals surface area contributed by atoms with E-state index in [-0.39, 0.29) is 30.4 Å². The van der Waals surface area contributed by atoms with Gasteiger partial charge in [-0.2, -0.15) is 0 Å². The van der Waals surface area contributed by atoms with E-state index in [0.717, 1.165) is 37.2 Å². The van der Waals surface area contributed by atoms with Crippen LogP contribution in [0.2, 0.25) is 0 Å². The number of rotatable bonds is 6. The van der Waals surface area contributed by atoms with Crippen molar-refractivity contribution in [3.63, 3.8) is 0 Å². The van der Waals surface area contributed by atoms with Gasteiger partial charge in [0.05, 0.1) is 0 Å². The maximum atomic E-state index is 12.9. The SMILES string of the molecule is COC(CCN1Cc2cc3c(cc2C1)C(=O)N(C1CCC(=O)NC1=O)C3)OC. The quantitative estimate of drug-likeness (QED) is 0.573. The molecule has 1 N–H and O–H groups in total. The second-order valence-electron chi connectivity index (χ2n) is 7.58. The van der Waals surface area contributed by atoms with Crippen molar-refractivity contribution in [2.24, 2.45) is 0 Å². The van der Waals surface area contributed by atoms with Crippen LogP contribution in [0.15, 0.2) is 12.1 Å². The molecule has 0 radical (unpaired) electrons. The number of fused-ring (bicyclic) bond motifs is 2. The summed E-state index contributed by atoms with van der Waals surface area (Å²) >= 11 is 0. The first-order chi connectivity index (χ1) is 13.5. The Morgan fingerprint density at radius 2 is 1.79 bits per heavy atom. The Balaban J connectivity index is 1.44. The third-order valence-corrected chi connectivity index (χ3v) is 5.84. The van der Waals surface area contributed by atoms with E-state index in [1.54, 1.807) is 19.1 Å². The number of ether oxygens (including phenoxy) is 2. The minimum atomic E-state index is -0.566. The van der Waals surface area contributed by atoms with Gasteiger partial charge in [-0.3, -0.25) is 24.6 Å². The molecule has 0 saturated carbocycles. The number of hydrogen-bond acceptors (Lipinski definition) is 6. The van der Waals surface area contributed by atoms with E-state index in [4.69, 9.17) is 9.47 Å². The number of piperidine rings is 1. The normalized spacial score (nSPS) is 22.0. The minimum Gasteiger partial charge on any atom is -0.356 e. The second kappa shape index (κ2) is 7.62. The first-order valence-corrected chi connectivity index (χ1v) is 9.57. The summed E-state index contributed by atoms with van der Waals surface area (Å²) in [7, 11) is 3.27. The number of carbonyl (C=O) groups is 3. The molecule has 0 spiro atoms. The average molecular weight is 387 g/mol. The van der Waals surface area contributed by atoms with Gasteiger partial charge in [0, 0.05) is 58.8 Å². The van der Waals surface area contributed by atoms with Crippen LogP contribution in [0.4, 0.5) is 0 Å². The molecule has 3 heterocycles. The highest BCUT2D eigenvalue weighted by molar-refractivity contribution is 6.05. The van der Waals surface area contributed by atoms with E-state index in [0.29, 0.717) is 18.5 Å². The molecule has 3 aliphatic heterocycles. The van der Waals surface area contributed by atoms with Crippen molar-refractivity contribution >= 4 is 17.7 Å². The fourth-order valence-corrected chi connectivity index (χ4v) is 4.32. The fourth-order valence-electron chi connectivity index (χ4n) is 4.32. The van der Waals surface area contributed by atoms with Crippen molar-refractivity contribution in [1.82, 2.24) is 15.1 Å². The van der Waals surface area contributed by atoms with E-state index in [9.17, 15) is 14.4 Å². The van der Waals surface area contributed by atoms with Crippen LogP contribution in [0.3, 0.4) is 0 Å². The summed E-state index contributed by atoms with van der Waals surface area (Å²) in [5.41, 5.74) is 4.02. The van der Waals surface area contributed by atoms with Gasteiger partial charge in [0.15, 0.2) is 6.29 Å². The monoisotopic (exact) mass is 387 g/mol. The second-order valence-corrected chi connectivity index (χ2v) is 7.58. The molecule has 3 amide bonds. The van der Waals surface area contributed by atoms with Gasteiger partial charge in [-0.1, -0.05) is 6.07 Å². The van der Waals surface area contributed by atoms with Gasteiger partial charge in [0.1, 0.15) is 6.04 Å². The third kappa shape index (κ3) is 3.43.